The molecule has 0 saturated carbocycles. The summed E-state index contributed by atoms with van der Waals surface area (Å²) in [6.45, 7) is 2.04. The molecule has 0 aromatic carbocycles. The molecule has 0 saturated heterocycles. The highest BCUT2D eigenvalue weighted by Gasteiger charge is 1.79. The number of rotatable bonds is 0. The van der Waals surface area contributed by atoms with E-state index in [-0.39, 0.29) is 0 Å². The molecule has 0 fully saturated rings. The Balaban J connectivity index is 0.000000217. The van der Waals surface area contributed by atoms with Crippen molar-refractivity contribution in [2.45, 2.75) is 6.92 Å². The van der Waals surface area contributed by atoms with E-state index in [0.717, 1.165) is 12.5 Å². The molecule has 68 valence electrons. The molecule has 1 aromatic heterocycles. The van der Waals surface area contributed by atoms with Crippen LogP contribution in [0.2, 0.25) is 0 Å². The molecule has 1 rings (SSSR count). The van der Waals surface area contributed by atoms with Gasteiger partial charge in [0.25, 0.3) is 0 Å². The second-order valence-corrected chi connectivity index (χ2v) is 4.95. The van der Waals surface area contributed by atoms with E-state index in [9.17, 15) is 8.42 Å². The third kappa shape index (κ3) is 11.8. The van der Waals surface area contributed by atoms with Crippen LogP contribution in [-0.2, 0) is 9.84 Å². The summed E-state index contributed by atoms with van der Waals surface area (Å²) in [4.78, 5) is 3.85. The van der Waals surface area contributed by atoms with Gasteiger partial charge in [0.05, 0.1) is 0 Å². The first-order valence-corrected chi connectivity index (χ1v) is 5.71. The lowest BCUT2D eigenvalue weighted by Gasteiger charge is -1.82. The highest BCUT2D eigenvalue weighted by Crippen LogP contribution is 1.88. The zero-order chi connectivity index (χ0) is 9.61. The Morgan fingerprint density at radius 3 is 1.67 bits per heavy atom. The second kappa shape index (κ2) is 4.87. The molecule has 0 aliphatic rings. The molecule has 3 nitrogen and oxygen atoms in total. The van der Waals surface area contributed by atoms with Gasteiger partial charge in [-0.25, -0.2) is 8.42 Å². The van der Waals surface area contributed by atoms with Crippen LogP contribution >= 0.6 is 0 Å². The molecule has 1 heterocycles. The zero-order valence-corrected chi connectivity index (χ0v) is 8.30. The van der Waals surface area contributed by atoms with E-state index in [0.29, 0.717) is 0 Å². The van der Waals surface area contributed by atoms with Crippen LogP contribution in [0.1, 0.15) is 5.56 Å². The summed E-state index contributed by atoms with van der Waals surface area (Å²) < 4.78 is 19.3. The lowest BCUT2D eigenvalue weighted by Crippen LogP contribution is -1.86. The van der Waals surface area contributed by atoms with Crippen molar-refractivity contribution in [1.82, 2.24) is 4.98 Å². The summed E-state index contributed by atoms with van der Waals surface area (Å²) in [7, 11) is -2.67. The van der Waals surface area contributed by atoms with Crippen molar-refractivity contribution in [1.29, 1.82) is 0 Å². The minimum Gasteiger partial charge on any atom is -0.265 e. The van der Waals surface area contributed by atoms with Gasteiger partial charge in [-0.05, 0) is 24.6 Å². The maximum absolute atomic E-state index is 9.63. The molecule has 0 aliphatic heterocycles. The van der Waals surface area contributed by atoms with Crippen molar-refractivity contribution >= 4 is 9.84 Å². The fraction of sp³-hybridized carbons (Fsp3) is 0.375. The molecular weight excluding hydrogens is 174 g/mol. The Kier molecular flexibility index (Phi) is 4.51. The van der Waals surface area contributed by atoms with Gasteiger partial charge in [-0.3, -0.25) is 4.98 Å². The standard InChI is InChI=1S/C6H7N.C2H6O2S/c1-6-2-4-7-5-3-6;1-5(2,3)4/h2-5H,1H3;1-2H3. The number of pyridine rings is 1. The largest absolute Gasteiger partial charge is 0.265 e. The van der Waals surface area contributed by atoms with Crippen molar-refractivity contribution in [3.05, 3.63) is 30.1 Å². The molecule has 0 radical (unpaired) electrons. The van der Waals surface area contributed by atoms with Gasteiger partial charge in [-0.2, -0.15) is 0 Å². The van der Waals surface area contributed by atoms with Crippen LogP contribution < -0.4 is 0 Å². The SMILES string of the molecule is CS(C)(=O)=O.Cc1ccncc1. The minimum atomic E-state index is -2.67. The third-order valence-corrected chi connectivity index (χ3v) is 0.847. The summed E-state index contributed by atoms with van der Waals surface area (Å²) in [5.41, 5.74) is 1.26. The lowest BCUT2D eigenvalue weighted by atomic mass is 10.3. The normalized spacial score (nSPS) is 9.92. The quantitative estimate of drug-likeness (QED) is 0.610. The van der Waals surface area contributed by atoms with Gasteiger partial charge >= 0.3 is 0 Å². The average Bonchev–Trinajstić information content (AvgIpc) is 1.85. The van der Waals surface area contributed by atoms with Crippen LogP contribution in [0.15, 0.2) is 24.5 Å². The molecule has 0 aliphatic carbocycles. The predicted octanol–water partition coefficient (Wildman–Crippen LogP) is 1.05. The van der Waals surface area contributed by atoms with Gasteiger partial charge in [0.1, 0.15) is 9.84 Å². The number of sulfone groups is 1. The first kappa shape index (κ1) is 11.1. The van der Waals surface area contributed by atoms with E-state index in [4.69, 9.17) is 0 Å². The molecular formula is C8H13NO2S. The molecule has 0 bridgehead atoms. The van der Waals surface area contributed by atoms with E-state index in [2.05, 4.69) is 4.98 Å². The van der Waals surface area contributed by atoms with Gasteiger partial charge in [0.2, 0.25) is 0 Å². The van der Waals surface area contributed by atoms with Crippen LogP contribution in [0.25, 0.3) is 0 Å². The summed E-state index contributed by atoms with van der Waals surface area (Å²) >= 11 is 0. The zero-order valence-electron chi connectivity index (χ0n) is 7.48. The number of nitrogens with zero attached hydrogens (tertiary/aromatic N) is 1. The van der Waals surface area contributed by atoms with Crippen LogP contribution in [0.3, 0.4) is 0 Å². The van der Waals surface area contributed by atoms with Gasteiger partial charge in [-0.15, -0.1) is 0 Å². The highest BCUT2D eigenvalue weighted by molar-refractivity contribution is 7.89. The number of hydrogen-bond donors (Lipinski definition) is 0. The van der Waals surface area contributed by atoms with E-state index in [1.54, 1.807) is 12.4 Å². The summed E-state index contributed by atoms with van der Waals surface area (Å²) in [5, 5.41) is 0. The predicted molar refractivity (Wildman–Crippen MR) is 49.7 cm³/mol. The Morgan fingerprint density at radius 2 is 1.50 bits per heavy atom. The number of aryl methyl sites for hydroxylation is 1. The topological polar surface area (TPSA) is 47.0 Å². The van der Waals surface area contributed by atoms with Crippen LogP contribution in [-0.4, -0.2) is 25.9 Å². The first-order valence-electron chi connectivity index (χ1n) is 3.41. The highest BCUT2D eigenvalue weighted by atomic mass is 32.2. The van der Waals surface area contributed by atoms with Crippen molar-refractivity contribution in [3.63, 3.8) is 0 Å². The number of hydrogen-bond acceptors (Lipinski definition) is 3. The van der Waals surface area contributed by atoms with E-state index >= 15 is 0 Å². The minimum absolute atomic E-state index is 1.16. The molecule has 0 atom stereocenters. The Morgan fingerprint density at radius 1 is 1.17 bits per heavy atom. The molecule has 0 amide bonds. The van der Waals surface area contributed by atoms with E-state index < -0.39 is 9.84 Å². The lowest BCUT2D eigenvalue weighted by molar-refractivity contribution is 0.607. The summed E-state index contributed by atoms with van der Waals surface area (Å²) in [6, 6.07) is 3.94. The van der Waals surface area contributed by atoms with Crippen molar-refractivity contribution in [2.75, 3.05) is 12.5 Å². The molecule has 0 N–H and O–H groups in total. The Hall–Kier alpha value is -0.900. The first-order chi connectivity index (χ1) is 5.39. The summed E-state index contributed by atoms with van der Waals surface area (Å²) in [6.07, 6.45) is 5.89. The maximum Gasteiger partial charge on any atom is 0.144 e. The van der Waals surface area contributed by atoms with Crippen LogP contribution in [0.4, 0.5) is 0 Å². The fourth-order valence-corrected chi connectivity index (χ4v) is 0.426. The second-order valence-electron chi connectivity index (χ2n) is 2.67. The fourth-order valence-electron chi connectivity index (χ4n) is 0.426. The van der Waals surface area contributed by atoms with Gasteiger partial charge in [-0.1, -0.05) is 0 Å². The van der Waals surface area contributed by atoms with Crippen molar-refractivity contribution in [2.24, 2.45) is 0 Å². The van der Waals surface area contributed by atoms with Gasteiger partial charge in [0.15, 0.2) is 0 Å². The van der Waals surface area contributed by atoms with Crippen LogP contribution in [0, 0.1) is 6.92 Å². The average molecular weight is 187 g/mol. The Bertz CT molecular complexity index is 297. The molecule has 4 heteroatoms. The van der Waals surface area contributed by atoms with Gasteiger partial charge < -0.3 is 0 Å². The molecule has 12 heavy (non-hydrogen) atoms. The Labute approximate surface area is 73.4 Å². The van der Waals surface area contributed by atoms with Crippen LogP contribution in [0.5, 0.6) is 0 Å². The molecule has 1 aromatic rings. The molecule has 0 spiro atoms. The smallest absolute Gasteiger partial charge is 0.144 e. The third-order valence-electron chi connectivity index (χ3n) is 0.847. The summed E-state index contributed by atoms with van der Waals surface area (Å²) in [5.74, 6) is 0. The number of aromatic nitrogens is 1. The van der Waals surface area contributed by atoms with Crippen molar-refractivity contribution in [3.8, 4) is 0 Å². The van der Waals surface area contributed by atoms with E-state index in [1.165, 1.54) is 5.56 Å². The van der Waals surface area contributed by atoms with E-state index in [1.807, 2.05) is 19.1 Å². The maximum atomic E-state index is 9.63. The monoisotopic (exact) mass is 187 g/mol. The van der Waals surface area contributed by atoms with Crippen molar-refractivity contribution < 1.29 is 8.42 Å². The van der Waals surface area contributed by atoms with Gasteiger partial charge in [0, 0.05) is 24.9 Å². The molecule has 0 unspecified atom stereocenters.